The zero-order valence-electron chi connectivity index (χ0n) is 15.7. The van der Waals surface area contributed by atoms with E-state index in [9.17, 15) is 9.59 Å². The third-order valence-corrected chi connectivity index (χ3v) is 4.60. The van der Waals surface area contributed by atoms with Crippen molar-refractivity contribution in [3.63, 3.8) is 0 Å². The lowest BCUT2D eigenvalue weighted by Gasteiger charge is -2.05. The van der Waals surface area contributed by atoms with Crippen molar-refractivity contribution in [1.29, 1.82) is 0 Å². The summed E-state index contributed by atoms with van der Waals surface area (Å²) in [7, 11) is 0. The van der Waals surface area contributed by atoms with Gasteiger partial charge in [0.2, 0.25) is 5.91 Å². The minimum atomic E-state index is -0.639. The molecule has 8 heteroatoms. The molecule has 3 rings (SSSR count). The standard InChI is InChI=1S/C21H20N4O3S/c1-14-23-18(13-29-14)12-28-19-9-2-15(3-10-19)4-11-20(26)24-16-5-7-17(8-6-16)25-21(22)27/h2-11,13H,12H2,1H3,(H,24,26)(H3,22,25,27)/b11-4+. The predicted molar refractivity (Wildman–Crippen MR) is 115 cm³/mol. The van der Waals surface area contributed by atoms with Crippen LogP contribution in [0.4, 0.5) is 16.2 Å². The van der Waals surface area contributed by atoms with Gasteiger partial charge in [-0.25, -0.2) is 9.78 Å². The average Bonchev–Trinajstić information content (AvgIpc) is 3.12. The fourth-order valence-corrected chi connectivity index (χ4v) is 3.04. The molecule has 0 fully saturated rings. The third kappa shape index (κ3) is 6.47. The molecule has 4 N–H and O–H groups in total. The minimum absolute atomic E-state index is 0.264. The molecule has 0 aliphatic carbocycles. The van der Waals surface area contributed by atoms with Gasteiger partial charge in [0, 0.05) is 22.8 Å². The molecule has 3 amide bonds. The maximum atomic E-state index is 12.1. The Morgan fingerprint density at radius 1 is 1.07 bits per heavy atom. The first kappa shape index (κ1) is 20.1. The number of ether oxygens (including phenoxy) is 1. The third-order valence-electron chi connectivity index (χ3n) is 3.78. The summed E-state index contributed by atoms with van der Waals surface area (Å²) in [6.45, 7) is 2.39. The molecule has 29 heavy (non-hydrogen) atoms. The van der Waals surface area contributed by atoms with Crippen LogP contribution in [0.1, 0.15) is 16.3 Å². The number of carbonyl (C=O) groups is 2. The van der Waals surface area contributed by atoms with Crippen molar-refractivity contribution < 1.29 is 14.3 Å². The zero-order valence-corrected chi connectivity index (χ0v) is 16.5. The molecule has 0 radical (unpaired) electrons. The van der Waals surface area contributed by atoms with E-state index in [1.165, 1.54) is 6.08 Å². The molecule has 148 valence electrons. The number of hydrogen-bond acceptors (Lipinski definition) is 5. The van der Waals surface area contributed by atoms with Gasteiger partial charge in [-0.15, -0.1) is 11.3 Å². The molecule has 0 spiro atoms. The van der Waals surface area contributed by atoms with Crippen LogP contribution in [0.5, 0.6) is 5.75 Å². The van der Waals surface area contributed by atoms with Gasteiger partial charge >= 0.3 is 6.03 Å². The van der Waals surface area contributed by atoms with Gasteiger partial charge in [-0.05, 0) is 55.0 Å². The van der Waals surface area contributed by atoms with E-state index < -0.39 is 6.03 Å². The zero-order chi connectivity index (χ0) is 20.6. The van der Waals surface area contributed by atoms with Gasteiger partial charge in [0.1, 0.15) is 12.4 Å². The normalized spacial score (nSPS) is 10.7. The van der Waals surface area contributed by atoms with Crippen molar-refractivity contribution in [3.05, 3.63) is 76.3 Å². The molecular formula is C21H20N4O3S. The molecule has 0 saturated heterocycles. The van der Waals surface area contributed by atoms with E-state index in [2.05, 4.69) is 15.6 Å². The van der Waals surface area contributed by atoms with Gasteiger partial charge in [-0.2, -0.15) is 0 Å². The van der Waals surface area contributed by atoms with Crippen LogP contribution in [0, 0.1) is 6.92 Å². The van der Waals surface area contributed by atoms with Crippen LogP contribution in [0.25, 0.3) is 6.08 Å². The Bertz CT molecular complexity index is 1010. The number of hydrogen-bond donors (Lipinski definition) is 3. The summed E-state index contributed by atoms with van der Waals surface area (Å²) in [5.41, 5.74) is 8.00. The lowest BCUT2D eigenvalue weighted by molar-refractivity contribution is -0.111. The van der Waals surface area contributed by atoms with Crippen LogP contribution in [0.15, 0.2) is 60.0 Å². The van der Waals surface area contributed by atoms with Crippen molar-refractivity contribution >= 4 is 40.7 Å². The molecule has 0 atom stereocenters. The van der Waals surface area contributed by atoms with Crippen molar-refractivity contribution in [2.75, 3.05) is 10.6 Å². The second-order valence-corrected chi connectivity index (χ2v) is 7.17. The topological polar surface area (TPSA) is 106 Å². The highest BCUT2D eigenvalue weighted by molar-refractivity contribution is 7.09. The number of carbonyl (C=O) groups excluding carboxylic acids is 2. The molecule has 0 unspecified atom stereocenters. The smallest absolute Gasteiger partial charge is 0.316 e. The van der Waals surface area contributed by atoms with Crippen molar-refractivity contribution in [2.24, 2.45) is 5.73 Å². The van der Waals surface area contributed by atoms with Gasteiger partial charge < -0.3 is 21.1 Å². The first-order chi connectivity index (χ1) is 14.0. The summed E-state index contributed by atoms with van der Waals surface area (Å²) in [6, 6.07) is 13.4. The molecule has 0 bridgehead atoms. The van der Waals surface area contributed by atoms with Crippen LogP contribution in [-0.2, 0) is 11.4 Å². The number of thiazole rings is 1. The van der Waals surface area contributed by atoms with Gasteiger partial charge in [0.05, 0.1) is 10.7 Å². The number of aromatic nitrogens is 1. The SMILES string of the molecule is Cc1nc(COc2ccc(/C=C/C(=O)Nc3ccc(NC(N)=O)cc3)cc2)cs1. The fourth-order valence-electron chi connectivity index (χ4n) is 2.44. The quantitative estimate of drug-likeness (QED) is 0.510. The Morgan fingerprint density at radius 2 is 1.72 bits per heavy atom. The molecule has 1 heterocycles. The Kier molecular flexibility index (Phi) is 6.59. The number of benzene rings is 2. The number of rotatable bonds is 7. The van der Waals surface area contributed by atoms with E-state index >= 15 is 0 Å². The second-order valence-electron chi connectivity index (χ2n) is 6.10. The Hall–Kier alpha value is -3.65. The maximum Gasteiger partial charge on any atom is 0.316 e. The lowest BCUT2D eigenvalue weighted by atomic mass is 10.2. The Balaban J connectivity index is 1.49. The summed E-state index contributed by atoms with van der Waals surface area (Å²) < 4.78 is 5.71. The summed E-state index contributed by atoms with van der Waals surface area (Å²) in [5.74, 6) is 0.474. The molecule has 7 nitrogen and oxygen atoms in total. The van der Waals surface area contributed by atoms with Crippen molar-refractivity contribution in [1.82, 2.24) is 4.98 Å². The molecule has 0 saturated carbocycles. The van der Waals surface area contributed by atoms with E-state index in [0.29, 0.717) is 18.0 Å². The molecule has 0 aliphatic heterocycles. The van der Waals surface area contributed by atoms with Gasteiger partial charge in [-0.3, -0.25) is 4.79 Å². The first-order valence-corrected chi connectivity index (χ1v) is 9.65. The lowest BCUT2D eigenvalue weighted by Crippen LogP contribution is -2.19. The van der Waals surface area contributed by atoms with Crippen molar-refractivity contribution in [3.8, 4) is 5.75 Å². The van der Waals surface area contributed by atoms with E-state index in [1.54, 1.807) is 41.7 Å². The Morgan fingerprint density at radius 3 is 2.31 bits per heavy atom. The number of urea groups is 1. The summed E-state index contributed by atoms with van der Waals surface area (Å²) in [6.07, 6.45) is 3.16. The first-order valence-electron chi connectivity index (χ1n) is 8.77. The highest BCUT2D eigenvalue weighted by atomic mass is 32.1. The van der Waals surface area contributed by atoms with Crippen molar-refractivity contribution in [2.45, 2.75) is 13.5 Å². The Labute approximate surface area is 172 Å². The van der Waals surface area contributed by atoms with Crippen LogP contribution in [-0.4, -0.2) is 16.9 Å². The average molecular weight is 408 g/mol. The molecular weight excluding hydrogens is 388 g/mol. The molecule has 2 aromatic carbocycles. The van der Waals surface area contributed by atoms with E-state index in [1.807, 2.05) is 36.6 Å². The summed E-state index contributed by atoms with van der Waals surface area (Å²) in [4.78, 5) is 27.2. The molecule has 0 aliphatic rings. The maximum absolute atomic E-state index is 12.1. The largest absolute Gasteiger partial charge is 0.487 e. The summed E-state index contributed by atoms with van der Waals surface area (Å²) >= 11 is 1.59. The molecule has 3 aromatic rings. The minimum Gasteiger partial charge on any atom is -0.487 e. The van der Waals surface area contributed by atoms with Crippen LogP contribution >= 0.6 is 11.3 Å². The highest BCUT2D eigenvalue weighted by Gasteiger charge is 2.02. The number of nitrogens with one attached hydrogen (secondary N) is 2. The number of nitrogens with two attached hydrogens (primary N) is 1. The molecule has 1 aromatic heterocycles. The predicted octanol–water partition coefficient (Wildman–Crippen LogP) is 4.17. The number of anilines is 2. The summed E-state index contributed by atoms with van der Waals surface area (Å²) in [5, 5.41) is 8.19. The van der Waals surface area contributed by atoms with E-state index in [0.717, 1.165) is 22.0 Å². The fraction of sp³-hybridized carbons (Fsp3) is 0.0952. The van der Waals surface area contributed by atoms with Crippen LogP contribution in [0.3, 0.4) is 0 Å². The number of amides is 3. The number of primary amides is 1. The highest BCUT2D eigenvalue weighted by Crippen LogP contribution is 2.17. The second kappa shape index (κ2) is 9.52. The van der Waals surface area contributed by atoms with E-state index in [-0.39, 0.29) is 5.91 Å². The van der Waals surface area contributed by atoms with Crippen LogP contribution < -0.4 is 21.1 Å². The van der Waals surface area contributed by atoms with E-state index in [4.69, 9.17) is 10.5 Å². The number of nitrogens with zero attached hydrogens (tertiary/aromatic N) is 1. The van der Waals surface area contributed by atoms with Gasteiger partial charge in [-0.1, -0.05) is 12.1 Å². The monoisotopic (exact) mass is 408 g/mol. The van der Waals surface area contributed by atoms with Crippen LogP contribution in [0.2, 0.25) is 0 Å². The van der Waals surface area contributed by atoms with Gasteiger partial charge in [0.25, 0.3) is 0 Å². The van der Waals surface area contributed by atoms with Gasteiger partial charge in [0.15, 0.2) is 0 Å². The number of aryl methyl sites for hydroxylation is 1.